The van der Waals surface area contributed by atoms with Crippen LogP contribution in [0.15, 0.2) is 103 Å². The van der Waals surface area contributed by atoms with Gasteiger partial charge in [-0.1, -0.05) is 78.9 Å². The third kappa shape index (κ3) is 11.9. The third-order valence-corrected chi connectivity index (χ3v) is 10.6. The largest absolute Gasteiger partial charge is 0.461 e. The Morgan fingerprint density at radius 2 is 1.50 bits per heavy atom. The second-order valence-corrected chi connectivity index (χ2v) is 14.3. The molecule has 10 heteroatoms. The van der Waals surface area contributed by atoms with Crippen LogP contribution in [0.2, 0.25) is 0 Å². The maximum atomic E-state index is 14.2. The molecule has 2 heterocycles. The summed E-state index contributed by atoms with van der Waals surface area (Å²) in [5.41, 5.74) is 9.95. The van der Waals surface area contributed by atoms with E-state index in [0.717, 1.165) is 42.4 Å². The number of nitrogens with one attached hydrogen (secondary N) is 1. The Balaban J connectivity index is 1.07. The molecule has 1 saturated carbocycles. The maximum absolute atomic E-state index is 14.2. The number of ether oxygens (including phenoxy) is 4. The monoisotopic (exact) mass is 734 g/mol. The summed E-state index contributed by atoms with van der Waals surface area (Å²) in [4.78, 5) is 33.6. The molecule has 0 radical (unpaired) electrons. The molecule has 1 saturated heterocycles. The molecule has 1 aliphatic carbocycles. The number of esters is 1. The van der Waals surface area contributed by atoms with Crippen LogP contribution < -0.4 is 15.8 Å². The Bertz CT molecular complexity index is 1710. The Labute approximate surface area is 319 Å². The summed E-state index contributed by atoms with van der Waals surface area (Å²) in [5, 5.41) is 3.76. The van der Waals surface area contributed by atoms with Crippen LogP contribution >= 0.6 is 0 Å². The summed E-state index contributed by atoms with van der Waals surface area (Å²) in [6.07, 6.45) is 7.49. The number of amides is 1. The summed E-state index contributed by atoms with van der Waals surface area (Å²) in [7, 11) is 0. The normalized spacial score (nSPS) is 18.1. The highest BCUT2D eigenvalue weighted by Gasteiger charge is 2.33. The molecule has 54 heavy (non-hydrogen) atoms. The Morgan fingerprint density at radius 3 is 2.19 bits per heavy atom. The lowest BCUT2D eigenvalue weighted by molar-refractivity contribution is -0.151. The lowest BCUT2D eigenvalue weighted by Gasteiger charge is -2.37. The van der Waals surface area contributed by atoms with E-state index in [0.29, 0.717) is 88.4 Å². The minimum Gasteiger partial charge on any atom is -0.461 e. The molecule has 1 aromatic heterocycles. The summed E-state index contributed by atoms with van der Waals surface area (Å²) in [6.45, 7) is 3.67. The number of nitrogens with zero attached hydrogens (tertiary/aromatic N) is 2. The van der Waals surface area contributed by atoms with Gasteiger partial charge in [-0.05, 0) is 79.7 Å². The fraction of sp³-hybridized carbons (Fsp3) is 0.432. The molecule has 0 unspecified atom stereocenters. The van der Waals surface area contributed by atoms with Crippen LogP contribution in [0.4, 0.5) is 5.69 Å². The van der Waals surface area contributed by atoms with E-state index >= 15 is 0 Å². The zero-order valence-corrected chi connectivity index (χ0v) is 31.2. The van der Waals surface area contributed by atoms with Crippen molar-refractivity contribution < 1.29 is 28.5 Å². The zero-order valence-electron chi connectivity index (χ0n) is 31.2. The van der Waals surface area contributed by atoms with E-state index in [1.165, 1.54) is 0 Å². The highest BCUT2D eigenvalue weighted by molar-refractivity contribution is 5.77. The molecule has 4 aromatic rings. The number of nitrogen functional groups attached to an aromatic ring is 1. The summed E-state index contributed by atoms with van der Waals surface area (Å²) < 4.78 is 23.4. The van der Waals surface area contributed by atoms with Gasteiger partial charge in [0.15, 0.2) is 0 Å². The fourth-order valence-electron chi connectivity index (χ4n) is 7.50. The number of aromatic nitrogens is 1. The first-order valence-corrected chi connectivity index (χ1v) is 19.4. The molecule has 286 valence electrons. The Kier molecular flexibility index (Phi) is 14.9. The van der Waals surface area contributed by atoms with Gasteiger partial charge >= 0.3 is 5.97 Å². The van der Waals surface area contributed by atoms with Gasteiger partial charge in [-0.25, -0.2) is 4.98 Å². The first kappa shape index (κ1) is 38.9. The predicted molar refractivity (Wildman–Crippen MR) is 208 cm³/mol. The molecule has 0 bridgehead atoms. The maximum Gasteiger partial charge on any atom is 0.309 e. The number of nitrogens with two attached hydrogens (primary N) is 1. The fourth-order valence-corrected chi connectivity index (χ4v) is 7.50. The third-order valence-electron chi connectivity index (χ3n) is 10.6. The molecule has 3 aromatic carbocycles. The van der Waals surface area contributed by atoms with E-state index in [4.69, 9.17) is 24.7 Å². The molecule has 3 N–H and O–H groups in total. The van der Waals surface area contributed by atoms with E-state index in [1.807, 2.05) is 102 Å². The van der Waals surface area contributed by atoms with Crippen LogP contribution in [0.25, 0.3) is 0 Å². The van der Waals surface area contributed by atoms with Gasteiger partial charge in [-0.2, -0.15) is 0 Å². The van der Waals surface area contributed by atoms with E-state index in [1.54, 1.807) is 6.20 Å². The zero-order chi connectivity index (χ0) is 37.4. The second-order valence-electron chi connectivity index (χ2n) is 14.3. The molecule has 0 spiro atoms. The first-order chi connectivity index (χ1) is 26.5. The lowest BCUT2D eigenvalue weighted by atomic mass is 9.85. The topological polar surface area (TPSA) is 125 Å². The van der Waals surface area contributed by atoms with Crippen molar-refractivity contribution >= 4 is 17.6 Å². The van der Waals surface area contributed by atoms with E-state index in [2.05, 4.69) is 10.3 Å². The van der Waals surface area contributed by atoms with Crippen LogP contribution in [-0.2, 0) is 43.6 Å². The van der Waals surface area contributed by atoms with E-state index < -0.39 is 0 Å². The molecular weight excluding hydrogens is 681 g/mol. The molecule has 6 rings (SSSR count). The van der Waals surface area contributed by atoms with Crippen LogP contribution in [0.5, 0.6) is 11.6 Å². The van der Waals surface area contributed by atoms with Crippen LogP contribution in [-0.4, -0.2) is 60.2 Å². The van der Waals surface area contributed by atoms with Gasteiger partial charge in [0.2, 0.25) is 11.8 Å². The molecule has 10 nitrogen and oxygen atoms in total. The average Bonchev–Trinajstić information content (AvgIpc) is 3.22. The van der Waals surface area contributed by atoms with Crippen molar-refractivity contribution in [3.63, 3.8) is 0 Å². The number of benzene rings is 3. The minimum atomic E-state index is -0.155. The molecule has 2 fully saturated rings. The van der Waals surface area contributed by atoms with E-state index in [-0.39, 0.29) is 36.5 Å². The quantitative estimate of drug-likeness (QED) is 0.0792. The summed E-state index contributed by atoms with van der Waals surface area (Å²) >= 11 is 0. The predicted octanol–water partition coefficient (Wildman–Crippen LogP) is 7.47. The number of para-hydroxylation sites is 1. The molecule has 1 atom stereocenters. The van der Waals surface area contributed by atoms with Crippen LogP contribution in [0.1, 0.15) is 68.1 Å². The highest BCUT2D eigenvalue weighted by Crippen LogP contribution is 2.31. The van der Waals surface area contributed by atoms with Crippen molar-refractivity contribution in [2.75, 3.05) is 32.1 Å². The van der Waals surface area contributed by atoms with Gasteiger partial charge in [-0.15, -0.1) is 0 Å². The van der Waals surface area contributed by atoms with Gasteiger partial charge < -0.3 is 34.9 Å². The van der Waals surface area contributed by atoms with Crippen molar-refractivity contribution in [2.24, 2.45) is 11.8 Å². The second kappa shape index (κ2) is 20.6. The Morgan fingerprint density at radius 1 is 0.852 bits per heavy atom. The number of pyridine rings is 1. The van der Waals surface area contributed by atoms with Gasteiger partial charge in [0.1, 0.15) is 12.4 Å². The number of anilines is 1. The number of hydrogen-bond donors (Lipinski definition) is 2. The van der Waals surface area contributed by atoms with E-state index in [9.17, 15) is 9.59 Å². The Hall–Kier alpha value is -4.77. The first-order valence-electron chi connectivity index (χ1n) is 19.4. The van der Waals surface area contributed by atoms with Crippen LogP contribution in [0.3, 0.4) is 0 Å². The number of carbonyl (C=O) groups excluding carboxylic acids is 2. The number of rotatable bonds is 18. The van der Waals surface area contributed by atoms with Crippen molar-refractivity contribution in [1.29, 1.82) is 0 Å². The highest BCUT2D eigenvalue weighted by atomic mass is 16.5. The molecule has 2 aliphatic rings. The van der Waals surface area contributed by atoms with Crippen molar-refractivity contribution in [2.45, 2.75) is 83.2 Å². The van der Waals surface area contributed by atoms with Crippen molar-refractivity contribution in [3.05, 3.63) is 120 Å². The van der Waals surface area contributed by atoms with Crippen molar-refractivity contribution in [1.82, 2.24) is 15.2 Å². The van der Waals surface area contributed by atoms with Gasteiger partial charge in [0.25, 0.3) is 0 Å². The van der Waals surface area contributed by atoms with Gasteiger partial charge in [0, 0.05) is 50.9 Å². The molecule has 1 amide bonds. The SMILES string of the molecule is Nc1cnc(Oc2ccccc2)cc1CN[C@@H](CCC(=O)N(CCOCc1ccccc1)C1CCC(C(=O)OCc2ccccc2)CC1)C1CCOCC1. The molecule has 1 aliphatic heterocycles. The van der Waals surface area contributed by atoms with Crippen molar-refractivity contribution in [3.8, 4) is 11.6 Å². The average molecular weight is 735 g/mol. The molecular formula is C44H54N4O6. The summed E-state index contributed by atoms with van der Waals surface area (Å²) in [5.74, 6) is 1.37. The van der Waals surface area contributed by atoms with Crippen LogP contribution in [0, 0.1) is 11.8 Å². The van der Waals surface area contributed by atoms with Gasteiger partial charge in [0.05, 0.1) is 31.0 Å². The number of carbonyl (C=O) groups is 2. The summed E-state index contributed by atoms with van der Waals surface area (Å²) in [6, 6.07) is 31.4. The smallest absolute Gasteiger partial charge is 0.309 e. The lowest BCUT2D eigenvalue weighted by Crippen LogP contribution is -2.46. The minimum absolute atomic E-state index is 0.0464. The van der Waals surface area contributed by atoms with Gasteiger partial charge in [-0.3, -0.25) is 9.59 Å². The number of hydrogen-bond acceptors (Lipinski definition) is 9. The standard InChI is InChI=1S/C44H54N4O6/c45-40-30-47-42(54-39-14-8-3-9-15-39)28-37(40)29-46-41(35-22-25-51-26-23-35)20-21-43(49)48(24-27-52-31-33-10-4-1-5-11-33)38-18-16-36(17-19-38)44(50)53-32-34-12-6-2-7-13-34/h1-15,28,30,35-36,38,41,46H,16-27,29,31-32,45H2/t36?,38?,41-/m0/s1.